The van der Waals surface area contributed by atoms with Gasteiger partial charge in [-0.3, -0.25) is 18.9 Å². The van der Waals surface area contributed by atoms with Gasteiger partial charge in [0, 0.05) is 35.9 Å². The summed E-state index contributed by atoms with van der Waals surface area (Å²) in [4.78, 5) is 15.3. The number of ether oxygens (including phenoxy) is 1. The van der Waals surface area contributed by atoms with Gasteiger partial charge in [0.1, 0.15) is 12.4 Å². The fraction of sp³-hybridized carbons (Fsp3) is 0.308. The third kappa shape index (κ3) is 4.32. The Hall–Kier alpha value is -3.38. The minimum atomic E-state index is -0.120. The van der Waals surface area contributed by atoms with Gasteiger partial charge >= 0.3 is 0 Å². The number of hydrogen-bond donors (Lipinski definition) is 0. The van der Waals surface area contributed by atoms with E-state index in [0.717, 1.165) is 35.2 Å². The first-order chi connectivity index (χ1) is 15.7. The van der Waals surface area contributed by atoms with Crippen LogP contribution in [0.2, 0.25) is 0 Å². The molecule has 1 aliphatic heterocycles. The molecular weight excluding hydrogens is 400 g/mol. The molecule has 1 fully saturated rings. The maximum atomic E-state index is 12.7. The Bertz CT molecular complexity index is 1260. The standard InChI is InChI=1S/C26H28N4O2/c1-20-6-5-12-28(20)14-15-30-25-10-9-23(16-22(25)18-27-30)29-13-11-24(17-26(29)31)32-19-21-7-3-2-4-8-21/h2-4,7-11,13,16-18,20H,5-6,12,14-15,19H2,1H3. The van der Waals surface area contributed by atoms with Crippen molar-refractivity contribution in [3.8, 4) is 11.4 Å². The lowest BCUT2D eigenvalue weighted by molar-refractivity contribution is 0.255. The first kappa shape index (κ1) is 20.5. The quantitative estimate of drug-likeness (QED) is 0.442. The number of pyridine rings is 1. The van der Waals surface area contributed by atoms with Crippen LogP contribution in [-0.2, 0) is 13.2 Å². The van der Waals surface area contributed by atoms with Crippen LogP contribution in [0.15, 0.2) is 77.9 Å². The van der Waals surface area contributed by atoms with E-state index in [1.165, 1.54) is 25.5 Å². The van der Waals surface area contributed by atoms with Crippen molar-refractivity contribution in [2.45, 2.75) is 39.0 Å². The van der Waals surface area contributed by atoms with Crippen molar-refractivity contribution in [2.75, 3.05) is 13.1 Å². The highest BCUT2D eigenvalue weighted by Crippen LogP contribution is 2.20. The SMILES string of the molecule is CC1CCCN1CCn1ncc2cc(-n3ccc(OCc4ccccc4)cc3=O)ccc21. The van der Waals surface area contributed by atoms with E-state index in [1.54, 1.807) is 10.8 Å². The third-order valence-electron chi connectivity index (χ3n) is 6.33. The number of likely N-dealkylation sites (tertiary alicyclic amines) is 1. The molecule has 5 rings (SSSR count). The predicted octanol–water partition coefficient (Wildman–Crippen LogP) is 4.25. The van der Waals surface area contributed by atoms with Gasteiger partial charge in [-0.15, -0.1) is 0 Å². The van der Waals surface area contributed by atoms with Crippen LogP contribution in [0.4, 0.5) is 0 Å². The Morgan fingerprint density at radius 1 is 1.06 bits per heavy atom. The maximum Gasteiger partial charge on any atom is 0.258 e. The number of aromatic nitrogens is 3. The molecule has 0 aliphatic carbocycles. The molecular formula is C26H28N4O2. The van der Waals surface area contributed by atoms with E-state index in [1.807, 2.05) is 54.7 Å². The Kier molecular flexibility index (Phi) is 5.77. The lowest BCUT2D eigenvalue weighted by Gasteiger charge is -2.20. The third-order valence-corrected chi connectivity index (χ3v) is 6.33. The number of rotatable bonds is 7. The highest BCUT2D eigenvalue weighted by atomic mass is 16.5. The summed E-state index contributed by atoms with van der Waals surface area (Å²) in [5.74, 6) is 0.570. The van der Waals surface area contributed by atoms with Gasteiger partial charge < -0.3 is 4.74 Å². The monoisotopic (exact) mass is 428 g/mol. The minimum Gasteiger partial charge on any atom is -0.489 e. The van der Waals surface area contributed by atoms with E-state index in [0.29, 0.717) is 18.4 Å². The van der Waals surface area contributed by atoms with Crippen molar-refractivity contribution in [2.24, 2.45) is 0 Å². The maximum absolute atomic E-state index is 12.7. The molecule has 3 heterocycles. The summed E-state index contributed by atoms with van der Waals surface area (Å²) >= 11 is 0. The molecule has 0 amide bonds. The van der Waals surface area contributed by atoms with Crippen molar-refractivity contribution < 1.29 is 4.74 Å². The van der Waals surface area contributed by atoms with Gasteiger partial charge in [0.05, 0.1) is 18.3 Å². The van der Waals surface area contributed by atoms with E-state index in [2.05, 4.69) is 27.7 Å². The molecule has 0 N–H and O–H groups in total. The normalized spacial score (nSPS) is 16.6. The van der Waals surface area contributed by atoms with Crippen LogP contribution < -0.4 is 10.3 Å². The zero-order chi connectivity index (χ0) is 21.9. The van der Waals surface area contributed by atoms with Crippen molar-refractivity contribution in [1.82, 2.24) is 19.2 Å². The molecule has 1 aliphatic rings. The summed E-state index contributed by atoms with van der Waals surface area (Å²) in [6.45, 7) is 5.81. The number of fused-ring (bicyclic) bond motifs is 1. The van der Waals surface area contributed by atoms with Crippen molar-refractivity contribution in [3.05, 3.63) is 89.0 Å². The number of nitrogens with zero attached hydrogens (tertiary/aromatic N) is 4. The van der Waals surface area contributed by atoms with Crippen molar-refractivity contribution >= 4 is 10.9 Å². The lowest BCUT2D eigenvalue weighted by Crippen LogP contribution is -2.30. The smallest absolute Gasteiger partial charge is 0.258 e. The highest BCUT2D eigenvalue weighted by molar-refractivity contribution is 5.80. The van der Waals surface area contributed by atoms with E-state index in [4.69, 9.17) is 4.74 Å². The fourth-order valence-corrected chi connectivity index (χ4v) is 4.46. The van der Waals surface area contributed by atoms with Gasteiger partial charge in [0.25, 0.3) is 5.56 Å². The average Bonchev–Trinajstić information content (AvgIpc) is 3.42. The molecule has 164 valence electrons. The van der Waals surface area contributed by atoms with Gasteiger partial charge in [0.2, 0.25) is 0 Å². The predicted molar refractivity (Wildman–Crippen MR) is 126 cm³/mol. The Balaban J connectivity index is 1.30. The number of hydrogen-bond acceptors (Lipinski definition) is 4. The van der Waals surface area contributed by atoms with Crippen LogP contribution in [0.1, 0.15) is 25.3 Å². The van der Waals surface area contributed by atoms with E-state index in [-0.39, 0.29) is 5.56 Å². The van der Waals surface area contributed by atoms with Crippen molar-refractivity contribution in [3.63, 3.8) is 0 Å². The zero-order valence-corrected chi connectivity index (χ0v) is 18.4. The molecule has 0 saturated carbocycles. The molecule has 6 nitrogen and oxygen atoms in total. The molecule has 0 bridgehead atoms. The Labute approximate surface area is 187 Å². The molecule has 1 atom stereocenters. The molecule has 1 unspecified atom stereocenters. The topological polar surface area (TPSA) is 52.3 Å². The first-order valence-corrected chi connectivity index (χ1v) is 11.3. The van der Waals surface area contributed by atoms with Crippen LogP contribution in [-0.4, -0.2) is 38.4 Å². The molecule has 2 aromatic carbocycles. The second-order valence-electron chi connectivity index (χ2n) is 8.48. The second-order valence-corrected chi connectivity index (χ2v) is 8.48. The van der Waals surface area contributed by atoms with Crippen LogP contribution in [0, 0.1) is 0 Å². The van der Waals surface area contributed by atoms with Gasteiger partial charge in [0.15, 0.2) is 0 Å². The molecule has 32 heavy (non-hydrogen) atoms. The van der Waals surface area contributed by atoms with Gasteiger partial charge in [-0.2, -0.15) is 5.10 Å². The van der Waals surface area contributed by atoms with Crippen LogP contribution in [0.3, 0.4) is 0 Å². The summed E-state index contributed by atoms with van der Waals surface area (Å²) in [6.07, 6.45) is 6.22. The molecule has 0 spiro atoms. The van der Waals surface area contributed by atoms with Gasteiger partial charge in [-0.25, -0.2) is 0 Å². The van der Waals surface area contributed by atoms with E-state index < -0.39 is 0 Å². The highest BCUT2D eigenvalue weighted by Gasteiger charge is 2.19. The van der Waals surface area contributed by atoms with Gasteiger partial charge in [-0.1, -0.05) is 30.3 Å². The Morgan fingerprint density at radius 2 is 1.94 bits per heavy atom. The fourth-order valence-electron chi connectivity index (χ4n) is 4.46. The van der Waals surface area contributed by atoms with E-state index >= 15 is 0 Å². The second kappa shape index (κ2) is 9.01. The summed E-state index contributed by atoms with van der Waals surface area (Å²) in [6, 6.07) is 20.0. The molecule has 0 radical (unpaired) electrons. The Morgan fingerprint density at radius 3 is 2.72 bits per heavy atom. The zero-order valence-electron chi connectivity index (χ0n) is 18.4. The van der Waals surface area contributed by atoms with Crippen LogP contribution in [0.5, 0.6) is 5.75 Å². The summed E-state index contributed by atoms with van der Waals surface area (Å²) in [5, 5.41) is 5.62. The van der Waals surface area contributed by atoms with Crippen LogP contribution >= 0.6 is 0 Å². The van der Waals surface area contributed by atoms with Crippen LogP contribution in [0.25, 0.3) is 16.6 Å². The molecule has 6 heteroatoms. The van der Waals surface area contributed by atoms with E-state index in [9.17, 15) is 4.79 Å². The largest absolute Gasteiger partial charge is 0.489 e. The minimum absolute atomic E-state index is 0.120. The lowest BCUT2D eigenvalue weighted by atomic mass is 10.2. The summed E-state index contributed by atoms with van der Waals surface area (Å²) < 4.78 is 9.48. The number of benzene rings is 2. The first-order valence-electron chi connectivity index (χ1n) is 11.3. The van der Waals surface area contributed by atoms with Crippen molar-refractivity contribution in [1.29, 1.82) is 0 Å². The molecule has 2 aromatic heterocycles. The summed E-state index contributed by atoms with van der Waals surface area (Å²) in [7, 11) is 0. The molecule has 4 aromatic rings. The average molecular weight is 429 g/mol. The van der Waals surface area contributed by atoms with Gasteiger partial charge in [-0.05, 0) is 56.1 Å². The summed E-state index contributed by atoms with van der Waals surface area (Å²) in [5.41, 5.74) is 2.87. The molecule has 1 saturated heterocycles.